The minimum absolute atomic E-state index is 0.159. The van der Waals surface area contributed by atoms with Crippen LogP contribution in [0, 0.1) is 5.92 Å². The molecule has 5 heteroatoms. The van der Waals surface area contributed by atoms with E-state index in [0.29, 0.717) is 5.92 Å². The molecule has 5 rings (SSSR count). The monoisotopic (exact) mass is 323 g/mol. The average Bonchev–Trinajstić information content (AvgIpc) is 3.23. The van der Waals surface area contributed by atoms with Crippen LogP contribution < -0.4 is 10.6 Å². The first-order valence-corrected chi connectivity index (χ1v) is 8.78. The first-order valence-electron chi connectivity index (χ1n) is 8.78. The third-order valence-corrected chi connectivity index (χ3v) is 5.64. The molecule has 0 bridgehead atoms. The third kappa shape index (κ3) is 2.08. The van der Waals surface area contributed by atoms with Crippen LogP contribution in [0.5, 0.6) is 0 Å². The molecule has 2 N–H and O–H groups in total. The van der Waals surface area contributed by atoms with Crippen molar-refractivity contribution in [2.75, 3.05) is 25.0 Å². The van der Waals surface area contributed by atoms with E-state index in [1.807, 2.05) is 23.1 Å². The molecular weight excluding hydrogens is 302 g/mol. The van der Waals surface area contributed by atoms with E-state index >= 15 is 0 Å². The minimum atomic E-state index is 0.159. The Balaban J connectivity index is 1.51. The Hall–Kier alpha value is -2.27. The molecule has 2 fully saturated rings. The van der Waals surface area contributed by atoms with Crippen molar-refractivity contribution in [3.63, 3.8) is 0 Å². The molecule has 0 radical (unpaired) electrons. The van der Waals surface area contributed by atoms with E-state index < -0.39 is 0 Å². The van der Waals surface area contributed by atoms with Crippen molar-refractivity contribution in [2.24, 2.45) is 5.92 Å². The van der Waals surface area contributed by atoms with Gasteiger partial charge in [0.25, 0.3) is 5.91 Å². The average molecular weight is 323 g/mol. The molecule has 1 aromatic carbocycles. The van der Waals surface area contributed by atoms with Gasteiger partial charge in [-0.25, -0.2) is 0 Å². The number of rotatable bonds is 2. The number of amides is 1. The van der Waals surface area contributed by atoms with Crippen LogP contribution in [0.25, 0.3) is 0 Å². The van der Waals surface area contributed by atoms with E-state index in [-0.39, 0.29) is 18.0 Å². The molecule has 1 unspecified atom stereocenters. The van der Waals surface area contributed by atoms with E-state index in [0.717, 1.165) is 49.5 Å². The molecule has 124 valence electrons. The molecule has 2 aromatic rings. The molecule has 4 heterocycles. The van der Waals surface area contributed by atoms with Gasteiger partial charge in [0.15, 0.2) is 0 Å². The van der Waals surface area contributed by atoms with Crippen LogP contribution in [-0.4, -0.2) is 30.4 Å². The number of anilines is 1. The van der Waals surface area contributed by atoms with Gasteiger partial charge in [-0.2, -0.15) is 0 Å². The number of benzene rings is 1. The molecule has 1 amide bonds. The first-order chi connectivity index (χ1) is 11.8. The second-order valence-corrected chi connectivity index (χ2v) is 6.97. The number of hydrogen-bond donors (Lipinski definition) is 2. The lowest BCUT2D eigenvalue weighted by Gasteiger charge is -2.36. The summed E-state index contributed by atoms with van der Waals surface area (Å²) < 4.78 is 5.66. The summed E-state index contributed by atoms with van der Waals surface area (Å²) in [6, 6.07) is 10.5. The van der Waals surface area contributed by atoms with E-state index in [9.17, 15) is 4.79 Å². The van der Waals surface area contributed by atoms with Gasteiger partial charge >= 0.3 is 0 Å². The standard InChI is InChI=1S/C19H21N3O2/c23-19(22-8-2-9-22)12-4-5-15-14(11-12)17-13(6-7-20-17)18(21-15)16-3-1-10-24-16/h1,3-5,10-11,13,17-18,20-21H,2,6-9H2/t13-,17+,18?/m1/s1. The number of fused-ring (bicyclic) bond motifs is 3. The van der Waals surface area contributed by atoms with Gasteiger partial charge in [-0.1, -0.05) is 0 Å². The zero-order chi connectivity index (χ0) is 16.1. The Morgan fingerprint density at radius 2 is 2.12 bits per heavy atom. The second-order valence-electron chi connectivity index (χ2n) is 6.97. The van der Waals surface area contributed by atoms with Gasteiger partial charge in [0.2, 0.25) is 0 Å². The Labute approximate surface area is 141 Å². The Morgan fingerprint density at radius 3 is 2.88 bits per heavy atom. The number of nitrogens with one attached hydrogen (secondary N) is 2. The SMILES string of the molecule is O=C(c1ccc2c(c1)[C@H]1NCC[C@H]1C(c1ccco1)N2)N1CCC1. The molecule has 24 heavy (non-hydrogen) atoms. The third-order valence-electron chi connectivity index (χ3n) is 5.64. The van der Waals surface area contributed by atoms with Crippen LogP contribution in [0.4, 0.5) is 5.69 Å². The van der Waals surface area contributed by atoms with Crippen LogP contribution in [0.15, 0.2) is 41.0 Å². The summed E-state index contributed by atoms with van der Waals surface area (Å²) in [7, 11) is 0. The molecule has 3 atom stereocenters. The van der Waals surface area contributed by atoms with Crippen molar-refractivity contribution in [1.29, 1.82) is 0 Å². The van der Waals surface area contributed by atoms with Crippen LogP contribution in [0.1, 0.15) is 46.6 Å². The highest BCUT2D eigenvalue weighted by atomic mass is 16.3. The van der Waals surface area contributed by atoms with Gasteiger partial charge in [-0.3, -0.25) is 4.79 Å². The summed E-state index contributed by atoms with van der Waals surface area (Å²) in [5.41, 5.74) is 3.12. The molecule has 0 saturated carbocycles. The van der Waals surface area contributed by atoms with E-state index in [2.05, 4.69) is 22.8 Å². The van der Waals surface area contributed by atoms with Crippen molar-refractivity contribution in [2.45, 2.75) is 24.9 Å². The Kier molecular flexibility index (Phi) is 3.16. The van der Waals surface area contributed by atoms with E-state index in [4.69, 9.17) is 4.42 Å². The second kappa shape index (κ2) is 5.38. The van der Waals surface area contributed by atoms with Crippen molar-refractivity contribution in [3.8, 4) is 0 Å². The molecular formula is C19H21N3O2. The number of nitrogens with zero attached hydrogens (tertiary/aromatic N) is 1. The van der Waals surface area contributed by atoms with Crippen LogP contribution in [0.3, 0.4) is 0 Å². The van der Waals surface area contributed by atoms with Crippen molar-refractivity contribution >= 4 is 11.6 Å². The van der Waals surface area contributed by atoms with Crippen molar-refractivity contribution in [3.05, 3.63) is 53.5 Å². The van der Waals surface area contributed by atoms with E-state index in [1.165, 1.54) is 5.56 Å². The number of furan rings is 1. The molecule has 0 aliphatic carbocycles. The molecule has 2 saturated heterocycles. The Bertz CT molecular complexity index is 767. The molecule has 1 aromatic heterocycles. The summed E-state index contributed by atoms with van der Waals surface area (Å²) >= 11 is 0. The summed E-state index contributed by atoms with van der Waals surface area (Å²) in [5, 5.41) is 7.26. The lowest BCUT2D eigenvalue weighted by Crippen LogP contribution is -2.42. The van der Waals surface area contributed by atoms with Gasteiger partial charge in [-0.05, 0) is 55.3 Å². The highest BCUT2D eigenvalue weighted by Gasteiger charge is 2.41. The molecule has 3 aliphatic rings. The maximum atomic E-state index is 12.5. The fourth-order valence-electron chi connectivity index (χ4n) is 4.23. The van der Waals surface area contributed by atoms with Gasteiger partial charge in [0, 0.05) is 36.3 Å². The topological polar surface area (TPSA) is 57.5 Å². The number of carbonyl (C=O) groups is 1. The molecule has 5 nitrogen and oxygen atoms in total. The Morgan fingerprint density at radius 1 is 1.21 bits per heavy atom. The summed E-state index contributed by atoms with van der Waals surface area (Å²) in [6.45, 7) is 2.77. The predicted octanol–water partition coefficient (Wildman–Crippen LogP) is 2.94. The van der Waals surface area contributed by atoms with Gasteiger partial charge in [-0.15, -0.1) is 0 Å². The fourth-order valence-corrected chi connectivity index (χ4v) is 4.23. The van der Waals surface area contributed by atoms with Crippen molar-refractivity contribution in [1.82, 2.24) is 10.2 Å². The fraction of sp³-hybridized carbons (Fsp3) is 0.421. The summed E-state index contributed by atoms with van der Waals surface area (Å²) in [4.78, 5) is 14.4. The predicted molar refractivity (Wildman–Crippen MR) is 90.9 cm³/mol. The maximum Gasteiger partial charge on any atom is 0.253 e. The number of carbonyl (C=O) groups excluding carboxylic acids is 1. The summed E-state index contributed by atoms with van der Waals surface area (Å²) in [5.74, 6) is 1.59. The largest absolute Gasteiger partial charge is 0.467 e. The minimum Gasteiger partial charge on any atom is -0.467 e. The zero-order valence-corrected chi connectivity index (χ0v) is 13.5. The summed E-state index contributed by atoms with van der Waals surface area (Å²) in [6.07, 6.45) is 3.96. The van der Waals surface area contributed by atoms with Crippen LogP contribution in [-0.2, 0) is 0 Å². The molecule has 0 spiro atoms. The van der Waals surface area contributed by atoms with E-state index in [1.54, 1.807) is 6.26 Å². The normalized spacial score (nSPS) is 27.8. The highest BCUT2D eigenvalue weighted by molar-refractivity contribution is 5.95. The van der Waals surface area contributed by atoms with Crippen molar-refractivity contribution < 1.29 is 9.21 Å². The van der Waals surface area contributed by atoms with Gasteiger partial charge in [0.1, 0.15) is 5.76 Å². The zero-order valence-electron chi connectivity index (χ0n) is 13.5. The smallest absolute Gasteiger partial charge is 0.253 e. The lowest BCUT2D eigenvalue weighted by molar-refractivity contribution is 0.0651. The maximum absolute atomic E-state index is 12.5. The molecule has 3 aliphatic heterocycles. The number of hydrogen-bond acceptors (Lipinski definition) is 4. The first kappa shape index (κ1) is 14.1. The van der Waals surface area contributed by atoms with Gasteiger partial charge < -0.3 is 20.0 Å². The van der Waals surface area contributed by atoms with Crippen LogP contribution in [0.2, 0.25) is 0 Å². The van der Waals surface area contributed by atoms with Crippen LogP contribution >= 0.6 is 0 Å². The lowest BCUT2D eigenvalue weighted by atomic mass is 9.81. The highest BCUT2D eigenvalue weighted by Crippen LogP contribution is 2.47. The quantitative estimate of drug-likeness (QED) is 0.892. The number of likely N-dealkylation sites (tertiary alicyclic amines) is 1. The van der Waals surface area contributed by atoms with Gasteiger partial charge in [0.05, 0.1) is 12.3 Å².